The molecule has 1 unspecified atom stereocenters. The molecule has 4 rings (SSSR count). The predicted molar refractivity (Wildman–Crippen MR) is 139 cm³/mol. The van der Waals surface area contributed by atoms with Gasteiger partial charge in [0.05, 0.1) is 38.1 Å². The van der Waals surface area contributed by atoms with Crippen LogP contribution >= 0.6 is 0 Å². The molecule has 2 aromatic carbocycles. The third kappa shape index (κ3) is 6.58. The third-order valence-corrected chi connectivity index (χ3v) is 6.65. The van der Waals surface area contributed by atoms with E-state index in [9.17, 15) is 9.59 Å². The van der Waals surface area contributed by atoms with Crippen molar-refractivity contribution < 1.29 is 28.2 Å². The van der Waals surface area contributed by atoms with Gasteiger partial charge in [0.25, 0.3) is 5.91 Å². The number of aryl methyl sites for hydroxylation is 2. The molecule has 0 aliphatic carbocycles. The second-order valence-electron chi connectivity index (χ2n) is 9.18. The van der Waals surface area contributed by atoms with E-state index in [1.807, 2.05) is 61.2 Å². The van der Waals surface area contributed by atoms with Gasteiger partial charge in [0.2, 0.25) is 0 Å². The number of carbonyl (C=O) groups is 2. The molecule has 0 saturated carbocycles. The van der Waals surface area contributed by atoms with E-state index in [0.29, 0.717) is 43.1 Å². The van der Waals surface area contributed by atoms with Crippen LogP contribution in [0.5, 0.6) is 5.75 Å². The first-order chi connectivity index (χ1) is 17.9. The lowest BCUT2D eigenvalue weighted by atomic mass is 10.1. The van der Waals surface area contributed by atoms with Crippen LogP contribution in [0.4, 0.5) is 0 Å². The summed E-state index contributed by atoms with van der Waals surface area (Å²) in [6.07, 6.45) is -0.198. The summed E-state index contributed by atoms with van der Waals surface area (Å²) in [5.74, 6) is 1.84. The molecule has 0 radical (unpaired) electrons. The molecule has 8 nitrogen and oxygen atoms in total. The summed E-state index contributed by atoms with van der Waals surface area (Å²) in [5.41, 5.74) is 3.13. The van der Waals surface area contributed by atoms with E-state index in [0.717, 1.165) is 35.7 Å². The molecule has 0 spiro atoms. The predicted octanol–water partition coefficient (Wildman–Crippen LogP) is 4.41. The van der Waals surface area contributed by atoms with Crippen LogP contribution < -0.4 is 4.74 Å². The van der Waals surface area contributed by atoms with Crippen LogP contribution in [-0.2, 0) is 16.1 Å². The first kappa shape index (κ1) is 26.4. The van der Waals surface area contributed by atoms with Gasteiger partial charge in [-0.25, -0.2) is 4.79 Å². The number of nitrogens with zero attached hydrogens (tertiary/aromatic N) is 2. The molecular weight excluding hydrogens is 472 g/mol. The van der Waals surface area contributed by atoms with Crippen LogP contribution in [0.2, 0.25) is 0 Å². The SMILES string of the molecule is COC(=O)c1ccc(COC(CN2CCN(C(=O)c3cc(C)oc3C)CC2)c2cccc(OC)c2)cc1. The minimum atomic E-state index is -0.364. The van der Waals surface area contributed by atoms with E-state index in [1.165, 1.54) is 7.11 Å². The van der Waals surface area contributed by atoms with E-state index >= 15 is 0 Å². The zero-order chi connectivity index (χ0) is 26.4. The first-order valence-corrected chi connectivity index (χ1v) is 12.4. The number of hydrogen-bond donors (Lipinski definition) is 0. The highest BCUT2D eigenvalue weighted by atomic mass is 16.5. The third-order valence-electron chi connectivity index (χ3n) is 6.65. The van der Waals surface area contributed by atoms with Crippen LogP contribution in [-0.4, -0.2) is 68.6 Å². The van der Waals surface area contributed by atoms with Crippen molar-refractivity contribution >= 4 is 11.9 Å². The van der Waals surface area contributed by atoms with Crippen LogP contribution in [0.15, 0.2) is 59.0 Å². The van der Waals surface area contributed by atoms with Crippen molar-refractivity contribution in [3.05, 3.63) is 88.4 Å². The van der Waals surface area contributed by atoms with Crippen LogP contribution in [0.3, 0.4) is 0 Å². The fourth-order valence-corrected chi connectivity index (χ4v) is 4.53. The van der Waals surface area contributed by atoms with E-state index in [-0.39, 0.29) is 18.0 Å². The Kier molecular flexibility index (Phi) is 8.63. The summed E-state index contributed by atoms with van der Waals surface area (Å²) in [4.78, 5) is 28.9. The Balaban J connectivity index is 1.41. The molecule has 1 saturated heterocycles. The molecule has 0 N–H and O–H groups in total. The number of carbonyl (C=O) groups excluding carboxylic acids is 2. The number of methoxy groups -OCH3 is 2. The monoisotopic (exact) mass is 506 g/mol. The smallest absolute Gasteiger partial charge is 0.337 e. The molecule has 8 heteroatoms. The first-order valence-electron chi connectivity index (χ1n) is 12.4. The highest BCUT2D eigenvalue weighted by Gasteiger charge is 2.27. The van der Waals surface area contributed by atoms with Crippen molar-refractivity contribution in [1.82, 2.24) is 9.80 Å². The summed E-state index contributed by atoms with van der Waals surface area (Å²) in [7, 11) is 3.02. The highest BCUT2D eigenvalue weighted by Crippen LogP contribution is 2.25. The number of ether oxygens (including phenoxy) is 3. The summed E-state index contributed by atoms with van der Waals surface area (Å²) in [6, 6.07) is 16.9. The minimum absolute atomic E-state index is 0.0185. The second kappa shape index (κ2) is 12.1. The molecule has 1 amide bonds. The molecule has 3 aromatic rings. The maximum Gasteiger partial charge on any atom is 0.337 e. The molecule has 1 fully saturated rings. The molecule has 1 aromatic heterocycles. The number of hydrogen-bond acceptors (Lipinski definition) is 7. The number of furan rings is 1. The number of piperazine rings is 1. The molecule has 196 valence electrons. The van der Waals surface area contributed by atoms with Gasteiger partial charge in [0, 0.05) is 32.7 Å². The average molecular weight is 507 g/mol. The van der Waals surface area contributed by atoms with Gasteiger partial charge < -0.3 is 23.5 Å². The van der Waals surface area contributed by atoms with Crippen LogP contribution in [0, 0.1) is 13.8 Å². The maximum absolute atomic E-state index is 13.0. The summed E-state index contributed by atoms with van der Waals surface area (Å²) in [6.45, 7) is 7.53. The topological polar surface area (TPSA) is 81.5 Å². The Labute approximate surface area is 217 Å². The average Bonchev–Trinajstić information content (AvgIpc) is 3.28. The van der Waals surface area contributed by atoms with Gasteiger partial charge >= 0.3 is 5.97 Å². The van der Waals surface area contributed by atoms with Crippen molar-refractivity contribution in [2.24, 2.45) is 0 Å². The Morgan fingerprint density at radius 2 is 1.70 bits per heavy atom. The van der Waals surface area contributed by atoms with Gasteiger partial charge in [-0.3, -0.25) is 9.69 Å². The van der Waals surface area contributed by atoms with Crippen molar-refractivity contribution in [1.29, 1.82) is 0 Å². The van der Waals surface area contributed by atoms with Crippen LogP contribution in [0.1, 0.15) is 49.5 Å². The van der Waals surface area contributed by atoms with E-state index in [2.05, 4.69) is 4.90 Å². The van der Waals surface area contributed by atoms with Crippen LogP contribution in [0.25, 0.3) is 0 Å². The summed E-state index contributed by atoms with van der Waals surface area (Å²) in [5, 5.41) is 0. The van der Waals surface area contributed by atoms with Gasteiger partial charge in [0.1, 0.15) is 17.3 Å². The lowest BCUT2D eigenvalue weighted by Gasteiger charge is -2.36. The molecule has 37 heavy (non-hydrogen) atoms. The molecular formula is C29H34N2O6. The zero-order valence-corrected chi connectivity index (χ0v) is 21.9. The molecule has 1 aliphatic rings. The van der Waals surface area contributed by atoms with E-state index in [4.69, 9.17) is 18.6 Å². The van der Waals surface area contributed by atoms with Gasteiger partial charge in [-0.1, -0.05) is 24.3 Å². The Hall–Kier alpha value is -3.62. The molecule has 2 heterocycles. The minimum Gasteiger partial charge on any atom is -0.497 e. The maximum atomic E-state index is 13.0. The normalized spacial score (nSPS) is 14.9. The largest absolute Gasteiger partial charge is 0.497 e. The van der Waals surface area contributed by atoms with Gasteiger partial charge in [-0.15, -0.1) is 0 Å². The number of esters is 1. The van der Waals surface area contributed by atoms with Gasteiger partial charge in [-0.2, -0.15) is 0 Å². The van der Waals surface area contributed by atoms with Gasteiger partial charge in [-0.05, 0) is 55.3 Å². The van der Waals surface area contributed by atoms with Crippen molar-refractivity contribution in [2.45, 2.75) is 26.6 Å². The van der Waals surface area contributed by atoms with Crippen molar-refractivity contribution in [2.75, 3.05) is 46.9 Å². The second-order valence-corrected chi connectivity index (χ2v) is 9.18. The fourth-order valence-electron chi connectivity index (χ4n) is 4.53. The summed E-state index contributed by atoms with van der Waals surface area (Å²) < 4.78 is 22.2. The standard InChI is InChI=1S/C29H34N2O6/c1-20-16-26(21(2)37-20)28(32)31-14-12-30(13-15-31)18-27(24-6-5-7-25(17-24)34-3)36-19-22-8-10-23(11-9-22)29(33)35-4/h5-11,16-17,27H,12-15,18-19H2,1-4H3. The lowest BCUT2D eigenvalue weighted by molar-refractivity contribution is 0.00330. The number of benzene rings is 2. The fraction of sp³-hybridized carbons (Fsp3) is 0.379. The van der Waals surface area contributed by atoms with Crippen molar-refractivity contribution in [3.63, 3.8) is 0 Å². The van der Waals surface area contributed by atoms with E-state index < -0.39 is 0 Å². The number of amides is 1. The molecule has 1 aliphatic heterocycles. The Morgan fingerprint density at radius 1 is 0.973 bits per heavy atom. The Morgan fingerprint density at radius 3 is 2.32 bits per heavy atom. The van der Waals surface area contributed by atoms with Gasteiger partial charge in [0.15, 0.2) is 0 Å². The number of rotatable bonds is 9. The van der Waals surface area contributed by atoms with E-state index in [1.54, 1.807) is 19.2 Å². The quantitative estimate of drug-likeness (QED) is 0.398. The lowest BCUT2D eigenvalue weighted by Crippen LogP contribution is -2.49. The highest BCUT2D eigenvalue weighted by molar-refractivity contribution is 5.95. The van der Waals surface area contributed by atoms with Crippen molar-refractivity contribution in [3.8, 4) is 5.75 Å². The zero-order valence-electron chi connectivity index (χ0n) is 21.9. The molecule has 1 atom stereocenters. The summed E-state index contributed by atoms with van der Waals surface area (Å²) >= 11 is 0. The molecule has 0 bridgehead atoms. The Bertz CT molecular complexity index is 1210.